The maximum absolute atomic E-state index is 11.1. The Morgan fingerprint density at radius 2 is 2.11 bits per heavy atom. The van der Waals surface area contributed by atoms with E-state index in [1.54, 1.807) is 13.0 Å². The molecule has 0 aromatic heterocycles. The third-order valence-electron chi connectivity index (χ3n) is 2.71. The van der Waals surface area contributed by atoms with Gasteiger partial charge in [-0.1, -0.05) is 23.3 Å². The molecule has 1 atom stereocenters. The van der Waals surface area contributed by atoms with Gasteiger partial charge >= 0.3 is 5.97 Å². The van der Waals surface area contributed by atoms with Crippen LogP contribution in [0.15, 0.2) is 34.9 Å². The van der Waals surface area contributed by atoms with Gasteiger partial charge in [0, 0.05) is 5.57 Å². The second-order valence-electron chi connectivity index (χ2n) is 4.83. The highest BCUT2D eigenvalue weighted by Crippen LogP contribution is 2.14. The Hall–Kier alpha value is -1.35. The largest absolute Gasteiger partial charge is 0.429 e. The summed E-state index contributed by atoms with van der Waals surface area (Å²) in [7, 11) is 0. The number of hydrogen-bond donors (Lipinski definition) is 0. The first-order chi connectivity index (χ1) is 8.49. The zero-order chi connectivity index (χ0) is 13.5. The summed E-state index contributed by atoms with van der Waals surface area (Å²) in [5.41, 5.74) is 3.25. The minimum atomic E-state index is -0.515. The molecule has 0 amide bonds. The van der Waals surface area contributed by atoms with E-state index in [-0.39, 0.29) is 5.97 Å². The molecule has 1 rings (SSSR count). The molecule has 0 fully saturated rings. The van der Waals surface area contributed by atoms with E-state index >= 15 is 0 Å². The van der Waals surface area contributed by atoms with Crippen LogP contribution in [0.3, 0.4) is 0 Å². The van der Waals surface area contributed by atoms with Gasteiger partial charge in [-0.05, 0) is 46.6 Å². The molecule has 100 valence electrons. The lowest BCUT2D eigenvalue weighted by Gasteiger charge is -2.08. The summed E-state index contributed by atoms with van der Waals surface area (Å²) in [6.07, 6.45) is 7.54. The van der Waals surface area contributed by atoms with Gasteiger partial charge in [-0.3, -0.25) is 0 Å². The SMILES string of the molecule is CC(C)=CCC/C(C)=C/COC1C=C(C)C(=O)O1. The number of carbonyl (C=O) groups is 1. The number of allylic oxidation sites excluding steroid dienone is 3. The Labute approximate surface area is 109 Å². The molecule has 1 aliphatic rings. The van der Waals surface area contributed by atoms with Crippen molar-refractivity contribution in [3.8, 4) is 0 Å². The van der Waals surface area contributed by atoms with Crippen LogP contribution in [0.25, 0.3) is 0 Å². The Kier molecular flexibility index (Phi) is 5.86. The summed E-state index contributed by atoms with van der Waals surface area (Å²) < 4.78 is 10.4. The predicted octanol–water partition coefficient (Wildman–Crippen LogP) is 3.52. The monoisotopic (exact) mass is 250 g/mol. The Balaban J connectivity index is 2.24. The predicted molar refractivity (Wildman–Crippen MR) is 72.0 cm³/mol. The maximum atomic E-state index is 11.1. The fourth-order valence-corrected chi connectivity index (χ4v) is 1.56. The van der Waals surface area contributed by atoms with E-state index in [2.05, 4.69) is 26.8 Å². The number of esters is 1. The van der Waals surface area contributed by atoms with E-state index < -0.39 is 6.29 Å². The minimum Gasteiger partial charge on any atom is -0.429 e. The second-order valence-corrected chi connectivity index (χ2v) is 4.83. The molecule has 0 bridgehead atoms. The Morgan fingerprint density at radius 3 is 2.67 bits per heavy atom. The van der Waals surface area contributed by atoms with E-state index in [1.165, 1.54) is 11.1 Å². The average Bonchev–Trinajstić information content (AvgIpc) is 2.57. The third-order valence-corrected chi connectivity index (χ3v) is 2.71. The van der Waals surface area contributed by atoms with Gasteiger partial charge in [0.15, 0.2) is 0 Å². The summed E-state index contributed by atoms with van der Waals surface area (Å²) in [5, 5.41) is 0. The highest BCUT2D eigenvalue weighted by molar-refractivity contribution is 5.89. The molecule has 1 heterocycles. The molecular weight excluding hydrogens is 228 g/mol. The number of cyclic esters (lactones) is 1. The van der Waals surface area contributed by atoms with Gasteiger partial charge in [-0.25, -0.2) is 4.79 Å². The normalized spacial score (nSPS) is 19.6. The van der Waals surface area contributed by atoms with Crippen molar-refractivity contribution in [2.24, 2.45) is 0 Å². The maximum Gasteiger partial charge on any atom is 0.336 e. The molecule has 0 radical (unpaired) electrons. The van der Waals surface area contributed by atoms with Crippen LogP contribution in [0, 0.1) is 0 Å². The molecule has 1 aliphatic heterocycles. The lowest BCUT2D eigenvalue weighted by Crippen LogP contribution is -2.12. The number of rotatable bonds is 6. The number of hydrogen-bond acceptors (Lipinski definition) is 3. The zero-order valence-corrected chi connectivity index (χ0v) is 11.7. The van der Waals surface area contributed by atoms with Crippen molar-refractivity contribution < 1.29 is 14.3 Å². The van der Waals surface area contributed by atoms with E-state index in [4.69, 9.17) is 9.47 Å². The number of carbonyl (C=O) groups excluding carboxylic acids is 1. The van der Waals surface area contributed by atoms with Crippen LogP contribution in [-0.4, -0.2) is 18.9 Å². The van der Waals surface area contributed by atoms with E-state index in [1.807, 2.05) is 6.08 Å². The van der Waals surface area contributed by atoms with Gasteiger partial charge < -0.3 is 9.47 Å². The molecule has 0 saturated carbocycles. The van der Waals surface area contributed by atoms with Crippen LogP contribution in [0.1, 0.15) is 40.5 Å². The van der Waals surface area contributed by atoms with Crippen LogP contribution in [0.2, 0.25) is 0 Å². The Bertz CT molecular complexity index is 385. The first-order valence-corrected chi connectivity index (χ1v) is 6.29. The molecule has 0 aromatic rings. The van der Waals surface area contributed by atoms with Gasteiger partial charge in [-0.2, -0.15) is 0 Å². The molecule has 0 N–H and O–H groups in total. The topological polar surface area (TPSA) is 35.5 Å². The summed E-state index contributed by atoms with van der Waals surface area (Å²) in [4.78, 5) is 11.1. The Morgan fingerprint density at radius 1 is 1.39 bits per heavy atom. The molecule has 0 aliphatic carbocycles. The van der Waals surface area contributed by atoms with Crippen LogP contribution < -0.4 is 0 Å². The third kappa shape index (κ3) is 5.32. The van der Waals surface area contributed by atoms with Crippen molar-refractivity contribution in [2.75, 3.05) is 6.61 Å². The molecule has 3 nitrogen and oxygen atoms in total. The summed E-state index contributed by atoms with van der Waals surface area (Å²) in [5.74, 6) is -0.288. The van der Waals surface area contributed by atoms with Crippen LogP contribution in [-0.2, 0) is 14.3 Å². The van der Waals surface area contributed by atoms with Gasteiger partial charge in [0.1, 0.15) is 0 Å². The summed E-state index contributed by atoms with van der Waals surface area (Å²) in [6.45, 7) is 8.50. The highest BCUT2D eigenvalue weighted by atomic mass is 16.7. The van der Waals surface area contributed by atoms with Crippen LogP contribution in [0.4, 0.5) is 0 Å². The van der Waals surface area contributed by atoms with Gasteiger partial charge in [0.05, 0.1) is 6.61 Å². The average molecular weight is 250 g/mol. The number of ether oxygens (including phenoxy) is 2. The minimum absolute atomic E-state index is 0.288. The fraction of sp³-hybridized carbons (Fsp3) is 0.533. The van der Waals surface area contributed by atoms with Gasteiger partial charge in [0.25, 0.3) is 0 Å². The van der Waals surface area contributed by atoms with E-state index in [9.17, 15) is 4.79 Å². The van der Waals surface area contributed by atoms with Crippen molar-refractivity contribution in [3.63, 3.8) is 0 Å². The van der Waals surface area contributed by atoms with Crippen molar-refractivity contribution in [1.29, 1.82) is 0 Å². The molecular formula is C15H22O3. The van der Waals surface area contributed by atoms with Crippen molar-refractivity contribution in [3.05, 3.63) is 34.9 Å². The summed E-state index contributed by atoms with van der Waals surface area (Å²) in [6, 6.07) is 0. The molecule has 3 heteroatoms. The molecule has 0 saturated heterocycles. The summed E-state index contributed by atoms with van der Waals surface area (Å²) >= 11 is 0. The lowest BCUT2D eigenvalue weighted by molar-refractivity contribution is -0.157. The van der Waals surface area contributed by atoms with Gasteiger partial charge in [-0.15, -0.1) is 0 Å². The highest BCUT2D eigenvalue weighted by Gasteiger charge is 2.21. The quantitative estimate of drug-likeness (QED) is 0.534. The van der Waals surface area contributed by atoms with Crippen LogP contribution >= 0.6 is 0 Å². The first kappa shape index (κ1) is 14.7. The fourth-order valence-electron chi connectivity index (χ4n) is 1.56. The second kappa shape index (κ2) is 7.17. The molecule has 0 spiro atoms. The standard InChI is InChI=1S/C15H22O3/c1-11(2)6-5-7-12(3)8-9-17-14-10-13(4)15(16)18-14/h6,8,10,14H,5,7,9H2,1-4H3/b12-8+. The molecule has 0 aromatic carbocycles. The van der Waals surface area contributed by atoms with Crippen molar-refractivity contribution >= 4 is 5.97 Å². The first-order valence-electron chi connectivity index (χ1n) is 6.29. The lowest BCUT2D eigenvalue weighted by atomic mass is 10.1. The van der Waals surface area contributed by atoms with E-state index in [0.717, 1.165) is 12.8 Å². The van der Waals surface area contributed by atoms with Crippen LogP contribution in [0.5, 0.6) is 0 Å². The zero-order valence-electron chi connectivity index (χ0n) is 11.7. The van der Waals surface area contributed by atoms with Crippen molar-refractivity contribution in [1.82, 2.24) is 0 Å². The van der Waals surface area contributed by atoms with Crippen molar-refractivity contribution in [2.45, 2.75) is 46.8 Å². The van der Waals surface area contributed by atoms with E-state index in [0.29, 0.717) is 12.2 Å². The van der Waals surface area contributed by atoms with Gasteiger partial charge in [0.2, 0.25) is 6.29 Å². The molecule has 18 heavy (non-hydrogen) atoms. The smallest absolute Gasteiger partial charge is 0.336 e. The molecule has 1 unspecified atom stereocenters.